The average Bonchev–Trinajstić information content (AvgIpc) is 2.65. The number of hydrogen-bond donors (Lipinski definition) is 1. The molecule has 0 atom stereocenters. The number of rotatable bonds is 5. The van der Waals surface area contributed by atoms with Gasteiger partial charge in [0.1, 0.15) is 5.69 Å². The minimum atomic E-state index is -0.0734. The van der Waals surface area contributed by atoms with Crippen molar-refractivity contribution in [2.45, 2.75) is 47.2 Å². The third kappa shape index (κ3) is 3.04. The smallest absolute Gasteiger partial charge is 0.290 e. The molecule has 0 spiro atoms. The molecule has 0 aliphatic carbocycles. The van der Waals surface area contributed by atoms with E-state index in [1.54, 1.807) is 4.68 Å². The van der Waals surface area contributed by atoms with Crippen molar-refractivity contribution in [2.24, 2.45) is 5.92 Å². The number of hydrogen-bond acceptors (Lipinski definition) is 2. The van der Waals surface area contributed by atoms with Crippen molar-refractivity contribution in [3.63, 3.8) is 0 Å². The van der Waals surface area contributed by atoms with Gasteiger partial charge in [-0.3, -0.25) is 9.48 Å². The molecule has 0 aliphatic heterocycles. The predicted octanol–water partition coefficient (Wildman–Crippen LogP) is 2.81. The second-order valence-corrected chi connectivity index (χ2v) is 5.96. The minimum Gasteiger partial charge on any atom is -0.393 e. The summed E-state index contributed by atoms with van der Waals surface area (Å²) in [5.41, 5.74) is 9.71. The van der Waals surface area contributed by atoms with Crippen molar-refractivity contribution >= 4 is 5.69 Å². The van der Waals surface area contributed by atoms with E-state index in [4.69, 9.17) is 5.73 Å². The summed E-state index contributed by atoms with van der Waals surface area (Å²) in [5.74, 6) is 0.471. The van der Waals surface area contributed by atoms with Crippen LogP contribution in [0.1, 0.15) is 37.6 Å². The van der Waals surface area contributed by atoms with Crippen LogP contribution < -0.4 is 11.3 Å². The molecule has 21 heavy (non-hydrogen) atoms. The lowest BCUT2D eigenvalue weighted by atomic mass is 10.1. The molecule has 4 nitrogen and oxygen atoms in total. The van der Waals surface area contributed by atoms with Crippen molar-refractivity contribution in [3.8, 4) is 0 Å². The Morgan fingerprint density at radius 1 is 1.19 bits per heavy atom. The van der Waals surface area contributed by atoms with Gasteiger partial charge >= 0.3 is 0 Å². The highest BCUT2D eigenvalue weighted by Gasteiger charge is 2.18. The van der Waals surface area contributed by atoms with Gasteiger partial charge in [-0.25, -0.2) is 4.68 Å². The number of anilines is 1. The number of nitrogens with zero attached hydrogens (tertiary/aromatic N) is 2. The molecule has 0 radical (unpaired) electrons. The van der Waals surface area contributed by atoms with Crippen molar-refractivity contribution < 1.29 is 0 Å². The second-order valence-electron chi connectivity index (χ2n) is 5.96. The monoisotopic (exact) mass is 287 g/mol. The fraction of sp³-hybridized carbons (Fsp3) is 0.471. The number of nitrogen functional groups attached to an aromatic ring is 1. The van der Waals surface area contributed by atoms with Crippen molar-refractivity contribution in [1.82, 2.24) is 9.36 Å². The van der Waals surface area contributed by atoms with Crippen molar-refractivity contribution in [2.75, 3.05) is 5.73 Å². The molecule has 1 aromatic carbocycles. The Bertz CT molecular complexity index is 680. The highest BCUT2D eigenvalue weighted by Crippen LogP contribution is 2.16. The Hall–Kier alpha value is -1.97. The molecular weight excluding hydrogens is 262 g/mol. The van der Waals surface area contributed by atoms with Crippen LogP contribution in [0.3, 0.4) is 0 Å². The van der Waals surface area contributed by atoms with E-state index >= 15 is 0 Å². The van der Waals surface area contributed by atoms with E-state index in [9.17, 15) is 4.79 Å². The lowest BCUT2D eigenvalue weighted by Gasteiger charge is -2.15. The zero-order chi connectivity index (χ0) is 15.6. The van der Waals surface area contributed by atoms with Gasteiger partial charge in [-0.2, -0.15) is 0 Å². The largest absolute Gasteiger partial charge is 0.393 e. The zero-order valence-electron chi connectivity index (χ0n) is 13.4. The summed E-state index contributed by atoms with van der Waals surface area (Å²) < 4.78 is 3.81. The summed E-state index contributed by atoms with van der Waals surface area (Å²) >= 11 is 0. The Morgan fingerprint density at radius 3 is 2.43 bits per heavy atom. The topological polar surface area (TPSA) is 52.9 Å². The highest BCUT2D eigenvalue weighted by atomic mass is 16.1. The van der Waals surface area contributed by atoms with Crippen LogP contribution in [-0.2, 0) is 19.5 Å². The summed E-state index contributed by atoms with van der Waals surface area (Å²) in [5, 5.41) is 0. The summed E-state index contributed by atoms with van der Waals surface area (Å²) in [4.78, 5) is 12.5. The first-order chi connectivity index (χ1) is 9.95. The Balaban J connectivity index is 2.49. The van der Waals surface area contributed by atoms with Crippen LogP contribution in [0.5, 0.6) is 0 Å². The maximum atomic E-state index is 12.5. The lowest BCUT2D eigenvalue weighted by molar-refractivity contribution is 0.459. The number of benzene rings is 1. The van der Waals surface area contributed by atoms with E-state index in [1.165, 1.54) is 5.56 Å². The fourth-order valence-electron chi connectivity index (χ4n) is 2.73. The van der Waals surface area contributed by atoms with E-state index in [0.29, 0.717) is 18.2 Å². The van der Waals surface area contributed by atoms with Crippen LogP contribution in [-0.4, -0.2) is 9.36 Å². The van der Waals surface area contributed by atoms with Crippen LogP contribution in [0.15, 0.2) is 29.1 Å². The normalized spacial score (nSPS) is 11.3. The van der Waals surface area contributed by atoms with Gasteiger partial charge in [0.05, 0.1) is 12.2 Å². The molecule has 0 bridgehead atoms. The van der Waals surface area contributed by atoms with Gasteiger partial charge in [0.25, 0.3) is 5.56 Å². The summed E-state index contributed by atoms with van der Waals surface area (Å²) in [6, 6.07) is 8.15. The molecular formula is C17H25N3O. The maximum Gasteiger partial charge on any atom is 0.290 e. The van der Waals surface area contributed by atoms with Gasteiger partial charge < -0.3 is 5.73 Å². The molecule has 0 aliphatic rings. The third-order valence-corrected chi connectivity index (χ3v) is 3.86. The van der Waals surface area contributed by atoms with E-state index in [-0.39, 0.29) is 5.56 Å². The SMILES string of the molecule is CCn1c(CC(C)C)c(N)c(=O)n1Cc1ccccc1C. The molecule has 1 heterocycles. The van der Waals surface area contributed by atoms with Crippen molar-refractivity contribution in [1.29, 1.82) is 0 Å². The number of nitrogens with two attached hydrogens (primary N) is 1. The van der Waals surface area contributed by atoms with Crippen LogP contribution >= 0.6 is 0 Å². The van der Waals surface area contributed by atoms with Crippen LogP contribution in [0.25, 0.3) is 0 Å². The molecule has 114 valence electrons. The fourth-order valence-corrected chi connectivity index (χ4v) is 2.73. The average molecular weight is 287 g/mol. The molecule has 0 unspecified atom stereocenters. The van der Waals surface area contributed by atoms with Gasteiger partial charge in [0, 0.05) is 6.54 Å². The lowest BCUT2D eigenvalue weighted by Crippen LogP contribution is -2.25. The van der Waals surface area contributed by atoms with E-state index < -0.39 is 0 Å². The molecule has 0 saturated carbocycles. The summed E-state index contributed by atoms with van der Waals surface area (Å²) in [7, 11) is 0. The quantitative estimate of drug-likeness (QED) is 0.919. The highest BCUT2D eigenvalue weighted by molar-refractivity contribution is 5.42. The first kappa shape index (κ1) is 15.4. The molecule has 1 aromatic heterocycles. The first-order valence-electron chi connectivity index (χ1n) is 7.58. The van der Waals surface area contributed by atoms with Gasteiger partial charge in [0.15, 0.2) is 0 Å². The Labute approximate surface area is 126 Å². The molecule has 0 saturated heterocycles. The van der Waals surface area contributed by atoms with Gasteiger partial charge in [-0.1, -0.05) is 38.1 Å². The maximum absolute atomic E-state index is 12.5. The standard InChI is InChI=1S/C17H25N3O/c1-5-19-15(10-12(2)3)16(18)17(21)20(19)11-14-9-7-6-8-13(14)4/h6-9,12H,5,10-11,18H2,1-4H3. The summed E-state index contributed by atoms with van der Waals surface area (Å²) in [6.07, 6.45) is 0.829. The van der Waals surface area contributed by atoms with Crippen LogP contribution in [0.2, 0.25) is 0 Å². The predicted molar refractivity (Wildman–Crippen MR) is 87.6 cm³/mol. The Morgan fingerprint density at radius 2 is 1.86 bits per heavy atom. The number of aryl methyl sites for hydroxylation is 1. The van der Waals surface area contributed by atoms with Crippen molar-refractivity contribution in [3.05, 3.63) is 51.4 Å². The molecule has 2 N–H and O–H groups in total. The number of aromatic nitrogens is 2. The van der Waals surface area contributed by atoms with Gasteiger partial charge in [-0.05, 0) is 37.3 Å². The summed E-state index contributed by atoms with van der Waals surface area (Å²) in [6.45, 7) is 9.72. The van der Waals surface area contributed by atoms with E-state index in [2.05, 4.69) is 39.8 Å². The molecule has 0 amide bonds. The molecule has 0 fully saturated rings. The second kappa shape index (κ2) is 6.20. The third-order valence-electron chi connectivity index (χ3n) is 3.86. The van der Waals surface area contributed by atoms with Crippen LogP contribution in [0.4, 0.5) is 5.69 Å². The van der Waals surface area contributed by atoms with Gasteiger partial charge in [0.2, 0.25) is 0 Å². The van der Waals surface area contributed by atoms with Gasteiger partial charge in [-0.15, -0.1) is 0 Å². The zero-order valence-corrected chi connectivity index (χ0v) is 13.4. The van der Waals surface area contributed by atoms with Crippen LogP contribution in [0, 0.1) is 12.8 Å². The molecule has 2 rings (SSSR count). The first-order valence-corrected chi connectivity index (χ1v) is 7.58. The molecule has 2 aromatic rings. The molecule has 4 heteroatoms. The van der Waals surface area contributed by atoms with E-state index in [1.807, 2.05) is 16.8 Å². The van der Waals surface area contributed by atoms with E-state index in [0.717, 1.165) is 24.2 Å². The minimum absolute atomic E-state index is 0.0734. The Kier molecular flexibility index (Phi) is 4.56.